The molecule has 1 aliphatic rings. The number of aromatic amines is 1. The number of nitrogens with zero attached hydrogens (tertiary/aromatic N) is 1. The van der Waals surface area contributed by atoms with Gasteiger partial charge in [0, 0.05) is 42.0 Å². The zero-order chi connectivity index (χ0) is 19.9. The SMILES string of the molecule is CC[C@@H]1CCCCN1CCNC(=O)CCc1cc2cc(OC)ccc2[nH]c1=O. The van der Waals surface area contributed by atoms with Crippen molar-refractivity contribution in [3.63, 3.8) is 0 Å². The van der Waals surface area contributed by atoms with Crippen molar-refractivity contribution in [1.82, 2.24) is 15.2 Å². The first-order valence-electron chi connectivity index (χ1n) is 10.3. The summed E-state index contributed by atoms with van der Waals surface area (Å²) in [5.74, 6) is 0.738. The minimum absolute atomic E-state index is 0.00445. The third-order valence-electron chi connectivity index (χ3n) is 5.69. The van der Waals surface area contributed by atoms with Crippen LogP contribution in [-0.2, 0) is 11.2 Å². The van der Waals surface area contributed by atoms with E-state index in [2.05, 4.69) is 22.1 Å². The Morgan fingerprint density at radius 2 is 2.18 bits per heavy atom. The normalized spacial score (nSPS) is 17.6. The Balaban J connectivity index is 1.51. The number of hydrogen-bond donors (Lipinski definition) is 2. The second-order valence-corrected chi connectivity index (χ2v) is 7.52. The molecule has 1 aromatic carbocycles. The van der Waals surface area contributed by atoms with Gasteiger partial charge in [-0.3, -0.25) is 14.5 Å². The summed E-state index contributed by atoms with van der Waals surface area (Å²) in [6.07, 6.45) is 5.74. The van der Waals surface area contributed by atoms with E-state index in [-0.39, 0.29) is 11.5 Å². The molecule has 0 radical (unpaired) electrons. The number of aromatic nitrogens is 1. The minimum atomic E-state index is -0.135. The third kappa shape index (κ3) is 5.13. The number of carbonyl (C=O) groups excluding carboxylic acids is 1. The Hall–Kier alpha value is -2.34. The van der Waals surface area contributed by atoms with Crippen LogP contribution >= 0.6 is 0 Å². The van der Waals surface area contributed by atoms with Gasteiger partial charge in [0.15, 0.2) is 0 Å². The topological polar surface area (TPSA) is 74.4 Å². The van der Waals surface area contributed by atoms with Gasteiger partial charge in [0.25, 0.3) is 5.56 Å². The number of rotatable bonds is 8. The molecule has 0 bridgehead atoms. The zero-order valence-electron chi connectivity index (χ0n) is 16.9. The summed E-state index contributed by atoms with van der Waals surface area (Å²) in [5.41, 5.74) is 1.26. The quantitative estimate of drug-likeness (QED) is 0.733. The van der Waals surface area contributed by atoms with E-state index >= 15 is 0 Å². The number of hydrogen-bond acceptors (Lipinski definition) is 4. The molecule has 1 aromatic heterocycles. The summed E-state index contributed by atoms with van der Waals surface area (Å²) in [6, 6.07) is 8.03. The van der Waals surface area contributed by atoms with E-state index in [1.807, 2.05) is 24.3 Å². The van der Waals surface area contributed by atoms with Crippen LogP contribution in [-0.4, -0.2) is 48.6 Å². The Morgan fingerprint density at radius 1 is 1.32 bits per heavy atom. The van der Waals surface area contributed by atoms with Crippen LogP contribution in [0, 0.1) is 0 Å². The van der Waals surface area contributed by atoms with Crippen molar-refractivity contribution in [2.75, 3.05) is 26.7 Å². The van der Waals surface area contributed by atoms with Crippen molar-refractivity contribution >= 4 is 16.8 Å². The number of carbonyl (C=O) groups is 1. The van der Waals surface area contributed by atoms with Crippen molar-refractivity contribution in [3.8, 4) is 5.75 Å². The molecule has 1 atom stereocenters. The standard InChI is InChI=1S/C22H31N3O3/c1-3-18-6-4-5-12-25(18)13-11-23-21(26)10-7-16-14-17-15-19(28-2)8-9-20(17)24-22(16)27/h8-9,14-15,18H,3-7,10-13H2,1-2H3,(H,23,26)(H,24,27)/t18-/m1/s1. The van der Waals surface area contributed by atoms with Crippen LogP contribution in [0.15, 0.2) is 29.1 Å². The van der Waals surface area contributed by atoms with Gasteiger partial charge in [0.05, 0.1) is 7.11 Å². The molecule has 0 saturated carbocycles. The highest BCUT2D eigenvalue weighted by Crippen LogP contribution is 2.20. The van der Waals surface area contributed by atoms with E-state index in [1.54, 1.807) is 7.11 Å². The highest BCUT2D eigenvalue weighted by atomic mass is 16.5. The summed E-state index contributed by atoms with van der Waals surface area (Å²) < 4.78 is 5.24. The fourth-order valence-corrected chi connectivity index (χ4v) is 4.03. The highest BCUT2D eigenvalue weighted by Gasteiger charge is 2.20. The molecule has 2 heterocycles. The van der Waals surface area contributed by atoms with E-state index < -0.39 is 0 Å². The second-order valence-electron chi connectivity index (χ2n) is 7.52. The molecular weight excluding hydrogens is 354 g/mol. The molecule has 152 valence electrons. The van der Waals surface area contributed by atoms with Crippen molar-refractivity contribution < 1.29 is 9.53 Å². The van der Waals surface area contributed by atoms with Crippen LogP contribution in [0.25, 0.3) is 10.9 Å². The van der Waals surface area contributed by atoms with Crippen LogP contribution < -0.4 is 15.6 Å². The predicted molar refractivity (Wildman–Crippen MR) is 112 cm³/mol. The highest BCUT2D eigenvalue weighted by molar-refractivity contribution is 5.81. The first-order chi connectivity index (χ1) is 13.6. The first kappa shape index (κ1) is 20.4. The maximum atomic E-state index is 12.3. The lowest BCUT2D eigenvalue weighted by Gasteiger charge is -2.35. The number of likely N-dealkylation sites (tertiary alicyclic amines) is 1. The Bertz CT molecular complexity index is 862. The van der Waals surface area contributed by atoms with E-state index in [4.69, 9.17) is 4.74 Å². The van der Waals surface area contributed by atoms with Crippen molar-refractivity contribution in [2.24, 2.45) is 0 Å². The lowest BCUT2D eigenvalue weighted by molar-refractivity contribution is -0.121. The summed E-state index contributed by atoms with van der Waals surface area (Å²) in [5, 5.41) is 3.91. The summed E-state index contributed by atoms with van der Waals surface area (Å²) in [7, 11) is 1.62. The molecule has 1 fully saturated rings. The van der Waals surface area contributed by atoms with Gasteiger partial charge in [-0.05, 0) is 56.5 Å². The zero-order valence-corrected chi connectivity index (χ0v) is 16.9. The molecule has 0 spiro atoms. The lowest BCUT2D eigenvalue weighted by atomic mass is 10.0. The van der Waals surface area contributed by atoms with Crippen molar-refractivity contribution in [2.45, 2.75) is 51.5 Å². The second kappa shape index (κ2) is 9.73. The molecule has 1 aliphatic heterocycles. The fraction of sp³-hybridized carbons (Fsp3) is 0.545. The largest absolute Gasteiger partial charge is 0.497 e. The van der Waals surface area contributed by atoms with Gasteiger partial charge in [-0.1, -0.05) is 13.3 Å². The number of H-pyrrole nitrogens is 1. The number of piperidine rings is 1. The van der Waals surface area contributed by atoms with E-state index in [1.165, 1.54) is 25.7 Å². The number of methoxy groups -OCH3 is 1. The molecule has 6 heteroatoms. The summed E-state index contributed by atoms with van der Waals surface area (Å²) in [4.78, 5) is 29.9. The maximum absolute atomic E-state index is 12.3. The molecular formula is C22H31N3O3. The van der Waals surface area contributed by atoms with Gasteiger partial charge in [0.2, 0.25) is 5.91 Å². The van der Waals surface area contributed by atoms with Gasteiger partial charge in [-0.15, -0.1) is 0 Å². The van der Waals surface area contributed by atoms with Crippen LogP contribution in [0.5, 0.6) is 5.75 Å². The lowest BCUT2D eigenvalue weighted by Crippen LogP contribution is -2.43. The molecule has 28 heavy (non-hydrogen) atoms. The number of nitrogens with one attached hydrogen (secondary N) is 2. The Labute approximate surface area is 166 Å². The molecule has 0 aliphatic carbocycles. The van der Waals surface area contributed by atoms with Gasteiger partial charge in [-0.2, -0.15) is 0 Å². The maximum Gasteiger partial charge on any atom is 0.251 e. The molecule has 6 nitrogen and oxygen atoms in total. The minimum Gasteiger partial charge on any atom is -0.497 e. The molecule has 1 amide bonds. The van der Waals surface area contributed by atoms with Crippen LogP contribution in [0.4, 0.5) is 0 Å². The van der Waals surface area contributed by atoms with E-state index in [0.717, 1.165) is 29.7 Å². The average molecular weight is 386 g/mol. The fourth-order valence-electron chi connectivity index (χ4n) is 4.03. The number of benzene rings is 1. The first-order valence-corrected chi connectivity index (χ1v) is 10.3. The van der Waals surface area contributed by atoms with Crippen LogP contribution in [0.2, 0.25) is 0 Å². The average Bonchev–Trinajstić information content (AvgIpc) is 2.72. The summed E-state index contributed by atoms with van der Waals surface area (Å²) >= 11 is 0. The number of fused-ring (bicyclic) bond motifs is 1. The molecule has 2 aromatic rings. The van der Waals surface area contributed by atoms with Gasteiger partial charge in [0.1, 0.15) is 5.75 Å². The predicted octanol–water partition coefficient (Wildman–Crippen LogP) is 2.85. The number of pyridine rings is 1. The van der Waals surface area contributed by atoms with Crippen LogP contribution in [0.1, 0.15) is 44.6 Å². The van der Waals surface area contributed by atoms with Crippen molar-refractivity contribution in [1.29, 1.82) is 0 Å². The third-order valence-corrected chi connectivity index (χ3v) is 5.69. The Morgan fingerprint density at radius 3 is 2.96 bits per heavy atom. The summed E-state index contributed by atoms with van der Waals surface area (Å²) in [6.45, 7) is 4.93. The van der Waals surface area contributed by atoms with E-state index in [9.17, 15) is 9.59 Å². The van der Waals surface area contributed by atoms with Gasteiger partial charge >= 0.3 is 0 Å². The molecule has 3 rings (SSSR count). The van der Waals surface area contributed by atoms with Gasteiger partial charge < -0.3 is 15.0 Å². The molecule has 1 saturated heterocycles. The monoisotopic (exact) mass is 385 g/mol. The number of ether oxygens (including phenoxy) is 1. The molecule has 0 unspecified atom stereocenters. The van der Waals surface area contributed by atoms with Gasteiger partial charge in [-0.25, -0.2) is 0 Å². The molecule has 2 N–H and O–H groups in total. The Kier molecular flexibility index (Phi) is 7.09. The smallest absolute Gasteiger partial charge is 0.251 e. The number of aryl methyl sites for hydroxylation is 1. The van der Waals surface area contributed by atoms with E-state index in [0.29, 0.717) is 31.0 Å². The van der Waals surface area contributed by atoms with Crippen LogP contribution in [0.3, 0.4) is 0 Å². The number of amides is 1. The van der Waals surface area contributed by atoms with Crippen molar-refractivity contribution in [3.05, 3.63) is 40.2 Å².